The Labute approximate surface area is 153 Å². The molecule has 0 unspecified atom stereocenters. The molecule has 0 aliphatic heterocycles. The summed E-state index contributed by atoms with van der Waals surface area (Å²) in [4.78, 5) is 27.7. The largest absolute Gasteiger partial charge is 0.341 e. The van der Waals surface area contributed by atoms with Gasteiger partial charge in [-0.1, -0.05) is 31.4 Å². The highest BCUT2D eigenvalue weighted by molar-refractivity contribution is 8.00. The molecule has 1 saturated carbocycles. The summed E-state index contributed by atoms with van der Waals surface area (Å²) in [6.07, 6.45) is 4.32. The molecule has 1 fully saturated rings. The van der Waals surface area contributed by atoms with Crippen molar-refractivity contribution < 1.29 is 14.0 Å². The number of nitrogens with zero attached hydrogens (tertiary/aromatic N) is 1. The molecule has 2 rings (SSSR count). The van der Waals surface area contributed by atoms with Crippen molar-refractivity contribution in [3.8, 4) is 0 Å². The summed E-state index contributed by atoms with van der Waals surface area (Å²) in [6.45, 7) is 5.18. The van der Waals surface area contributed by atoms with E-state index >= 15 is 0 Å². The average molecular weight is 367 g/mol. The summed E-state index contributed by atoms with van der Waals surface area (Å²) in [7, 11) is 0. The van der Waals surface area contributed by atoms with Gasteiger partial charge in [0.2, 0.25) is 11.8 Å². The minimum Gasteiger partial charge on any atom is -0.341 e. The number of thioether (sulfide) groups is 1. The van der Waals surface area contributed by atoms with Crippen LogP contribution in [0.25, 0.3) is 0 Å². The van der Waals surface area contributed by atoms with E-state index < -0.39 is 5.54 Å². The van der Waals surface area contributed by atoms with Gasteiger partial charge in [-0.15, -0.1) is 11.8 Å². The van der Waals surface area contributed by atoms with Gasteiger partial charge in [-0.25, -0.2) is 4.39 Å². The lowest BCUT2D eigenvalue weighted by molar-refractivity contribution is -0.142. The molecule has 2 amide bonds. The van der Waals surface area contributed by atoms with Gasteiger partial charge < -0.3 is 10.2 Å². The third kappa shape index (κ3) is 4.97. The van der Waals surface area contributed by atoms with E-state index in [2.05, 4.69) is 5.32 Å². The van der Waals surface area contributed by atoms with E-state index in [1.165, 1.54) is 6.07 Å². The SMILES string of the molecule is CCN(CC)C(=O)C1(NC(=O)CSc2ccccc2F)CCCCC1. The van der Waals surface area contributed by atoms with Crippen LogP contribution in [0.15, 0.2) is 29.2 Å². The smallest absolute Gasteiger partial charge is 0.248 e. The maximum atomic E-state index is 13.7. The van der Waals surface area contributed by atoms with Gasteiger partial charge in [-0.2, -0.15) is 0 Å². The lowest BCUT2D eigenvalue weighted by Crippen LogP contribution is -2.60. The zero-order valence-corrected chi connectivity index (χ0v) is 15.8. The van der Waals surface area contributed by atoms with Crippen LogP contribution in [-0.4, -0.2) is 41.1 Å². The van der Waals surface area contributed by atoms with Gasteiger partial charge in [0.1, 0.15) is 11.4 Å². The summed E-state index contributed by atoms with van der Waals surface area (Å²) < 4.78 is 13.7. The van der Waals surface area contributed by atoms with Gasteiger partial charge in [-0.3, -0.25) is 9.59 Å². The Bertz CT molecular complexity index is 599. The number of carbonyl (C=O) groups is 2. The van der Waals surface area contributed by atoms with Crippen molar-refractivity contribution in [1.29, 1.82) is 0 Å². The van der Waals surface area contributed by atoms with Gasteiger partial charge in [0.15, 0.2) is 0 Å². The van der Waals surface area contributed by atoms with Crippen LogP contribution in [0.3, 0.4) is 0 Å². The van der Waals surface area contributed by atoms with Crippen molar-refractivity contribution >= 4 is 23.6 Å². The molecule has 0 atom stereocenters. The van der Waals surface area contributed by atoms with E-state index in [1.807, 2.05) is 13.8 Å². The van der Waals surface area contributed by atoms with Crippen LogP contribution in [0.2, 0.25) is 0 Å². The number of halogens is 1. The van der Waals surface area contributed by atoms with Crippen molar-refractivity contribution in [3.63, 3.8) is 0 Å². The molecule has 0 saturated heterocycles. The first-order chi connectivity index (χ1) is 12.0. The van der Waals surface area contributed by atoms with E-state index in [0.717, 1.165) is 31.0 Å². The van der Waals surface area contributed by atoms with E-state index in [0.29, 0.717) is 30.8 Å². The Morgan fingerprint density at radius 2 is 1.80 bits per heavy atom. The molecule has 1 aromatic carbocycles. The molecule has 6 heteroatoms. The monoisotopic (exact) mass is 366 g/mol. The van der Waals surface area contributed by atoms with Crippen molar-refractivity contribution in [1.82, 2.24) is 10.2 Å². The average Bonchev–Trinajstić information content (AvgIpc) is 2.62. The molecule has 0 spiro atoms. The van der Waals surface area contributed by atoms with Crippen LogP contribution in [0.1, 0.15) is 46.0 Å². The number of benzene rings is 1. The molecule has 1 aromatic rings. The molecular formula is C19H27FN2O2S. The molecule has 0 radical (unpaired) electrons. The van der Waals surface area contributed by atoms with Gasteiger partial charge in [-0.05, 0) is 38.8 Å². The third-order valence-electron chi connectivity index (χ3n) is 4.74. The predicted molar refractivity (Wildman–Crippen MR) is 99.0 cm³/mol. The van der Waals surface area contributed by atoms with Gasteiger partial charge >= 0.3 is 0 Å². The van der Waals surface area contributed by atoms with Crippen molar-refractivity contribution in [2.75, 3.05) is 18.8 Å². The first-order valence-electron chi connectivity index (χ1n) is 9.00. The van der Waals surface area contributed by atoms with Crippen LogP contribution in [0.4, 0.5) is 4.39 Å². The number of nitrogens with one attached hydrogen (secondary N) is 1. The predicted octanol–water partition coefficient (Wildman–Crippen LogP) is 3.61. The Balaban J connectivity index is 2.05. The van der Waals surface area contributed by atoms with Crippen LogP contribution in [0.5, 0.6) is 0 Å². The summed E-state index contributed by atoms with van der Waals surface area (Å²) in [5, 5.41) is 3.00. The topological polar surface area (TPSA) is 49.4 Å². The van der Waals surface area contributed by atoms with Crippen molar-refractivity contribution in [2.45, 2.75) is 56.4 Å². The first-order valence-corrected chi connectivity index (χ1v) is 9.98. The van der Waals surface area contributed by atoms with Crippen molar-refractivity contribution in [2.24, 2.45) is 0 Å². The van der Waals surface area contributed by atoms with Crippen molar-refractivity contribution in [3.05, 3.63) is 30.1 Å². The van der Waals surface area contributed by atoms with Gasteiger partial charge in [0, 0.05) is 18.0 Å². The zero-order chi connectivity index (χ0) is 18.3. The molecule has 138 valence electrons. The highest BCUT2D eigenvalue weighted by atomic mass is 32.2. The first kappa shape index (κ1) is 19.8. The van der Waals surface area contributed by atoms with Crippen LogP contribution < -0.4 is 5.32 Å². The lowest BCUT2D eigenvalue weighted by atomic mass is 9.80. The Hall–Kier alpha value is -1.56. The summed E-state index contributed by atoms with van der Waals surface area (Å²) >= 11 is 1.16. The fraction of sp³-hybridized carbons (Fsp3) is 0.579. The second-order valence-electron chi connectivity index (χ2n) is 6.39. The summed E-state index contributed by atoms with van der Waals surface area (Å²) in [5.41, 5.74) is -0.794. The quantitative estimate of drug-likeness (QED) is 0.750. The zero-order valence-electron chi connectivity index (χ0n) is 15.0. The summed E-state index contributed by atoms with van der Waals surface area (Å²) in [6, 6.07) is 6.41. The maximum absolute atomic E-state index is 13.7. The molecule has 0 bridgehead atoms. The number of likely N-dealkylation sites (N-methyl/N-ethyl adjacent to an activating group) is 1. The molecule has 1 N–H and O–H groups in total. The molecule has 1 aliphatic carbocycles. The maximum Gasteiger partial charge on any atom is 0.248 e. The fourth-order valence-corrected chi connectivity index (χ4v) is 4.11. The van der Waals surface area contributed by atoms with Crippen LogP contribution >= 0.6 is 11.8 Å². The molecule has 25 heavy (non-hydrogen) atoms. The summed E-state index contributed by atoms with van der Waals surface area (Å²) in [5.74, 6) is -0.419. The van der Waals surface area contributed by atoms with Crippen LogP contribution in [0, 0.1) is 5.82 Å². The highest BCUT2D eigenvalue weighted by Crippen LogP contribution is 2.30. The highest BCUT2D eigenvalue weighted by Gasteiger charge is 2.42. The number of hydrogen-bond donors (Lipinski definition) is 1. The number of carbonyl (C=O) groups excluding carboxylic acids is 2. The molecule has 4 nitrogen and oxygen atoms in total. The van der Waals surface area contributed by atoms with Crippen LogP contribution in [-0.2, 0) is 9.59 Å². The normalized spacial score (nSPS) is 16.3. The number of amides is 2. The molecule has 1 aliphatic rings. The second kappa shape index (κ2) is 9.22. The van der Waals surface area contributed by atoms with E-state index in [4.69, 9.17) is 0 Å². The molecule has 0 heterocycles. The third-order valence-corrected chi connectivity index (χ3v) is 5.79. The Kier molecular flexibility index (Phi) is 7.29. The molecular weight excluding hydrogens is 339 g/mol. The standard InChI is InChI=1S/C19H27FN2O2S/c1-3-22(4-2)18(24)19(12-8-5-9-13-19)21-17(23)14-25-16-11-7-6-10-15(16)20/h6-7,10-11H,3-5,8-9,12-14H2,1-2H3,(H,21,23). The van der Waals surface area contributed by atoms with Gasteiger partial charge in [0.05, 0.1) is 5.75 Å². The second-order valence-corrected chi connectivity index (χ2v) is 7.40. The minimum atomic E-state index is -0.794. The fourth-order valence-electron chi connectivity index (χ4n) is 3.37. The van der Waals surface area contributed by atoms with Gasteiger partial charge in [0.25, 0.3) is 0 Å². The van der Waals surface area contributed by atoms with E-state index in [9.17, 15) is 14.0 Å². The Morgan fingerprint density at radius 3 is 2.40 bits per heavy atom. The number of hydrogen-bond acceptors (Lipinski definition) is 3. The Morgan fingerprint density at radius 1 is 1.16 bits per heavy atom. The lowest BCUT2D eigenvalue weighted by Gasteiger charge is -2.40. The van der Waals surface area contributed by atoms with E-state index in [-0.39, 0.29) is 23.4 Å². The number of rotatable bonds is 7. The minimum absolute atomic E-state index is 0.0152. The molecule has 0 aromatic heterocycles. The van der Waals surface area contributed by atoms with E-state index in [1.54, 1.807) is 23.1 Å².